The molecular formula is C31H39N3O. The first-order valence-corrected chi connectivity index (χ1v) is 13.1. The molecule has 0 bridgehead atoms. The minimum Gasteiger partial charge on any atom is -0.490 e. The molecule has 2 fully saturated rings. The lowest BCUT2D eigenvalue weighted by molar-refractivity contribution is 0.291. The van der Waals surface area contributed by atoms with Gasteiger partial charge < -0.3 is 20.3 Å². The van der Waals surface area contributed by atoms with E-state index in [0.717, 1.165) is 43.2 Å². The molecule has 5 rings (SSSR count). The van der Waals surface area contributed by atoms with Crippen molar-refractivity contribution in [1.82, 2.24) is 4.90 Å². The van der Waals surface area contributed by atoms with Crippen molar-refractivity contribution < 1.29 is 4.74 Å². The second-order valence-electron chi connectivity index (χ2n) is 10.4. The standard InChI is InChI=1S/C31H39N3O/c1-21-9-5-6-10-26(21)17-22(2)24(4)34-15-16-35-29-19-27(18-23(3)30(29)34)31(25-11-7-12-25)33-14-8-13-28(32)20-33/h5-6,9-10,17-19,28H,4,7-8,11-16,20,32H2,1-3H3/b22-17+. The first kappa shape index (κ1) is 23.7. The number of allylic oxidation sites excluding steroid dienone is 2. The highest BCUT2D eigenvalue weighted by Gasteiger charge is 2.29. The average molecular weight is 470 g/mol. The summed E-state index contributed by atoms with van der Waals surface area (Å²) in [5, 5.41) is 0. The SMILES string of the molecule is C=C(/C(C)=C/c1ccccc1C)N1CCOc2cc(C(=C3CCC3)N3CCCC(N)C3)cc(C)c21. The van der Waals surface area contributed by atoms with E-state index in [-0.39, 0.29) is 6.04 Å². The second-order valence-corrected chi connectivity index (χ2v) is 10.4. The van der Waals surface area contributed by atoms with E-state index >= 15 is 0 Å². The van der Waals surface area contributed by atoms with Crippen LogP contribution in [0.15, 0.2) is 59.8 Å². The van der Waals surface area contributed by atoms with E-state index in [1.165, 1.54) is 59.2 Å². The lowest BCUT2D eigenvalue weighted by Gasteiger charge is -2.39. The number of piperidine rings is 1. The van der Waals surface area contributed by atoms with E-state index in [2.05, 4.69) is 79.6 Å². The molecule has 35 heavy (non-hydrogen) atoms. The van der Waals surface area contributed by atoms with Gasteiger partial charge in [-0.2, -0.15) is 0 Å². The normalized spacial score (nSPS) is 20.2. The molecule has 2 aromatic rings. The van der Waals surface area contributed by atoms with Crippen molar-refractivity contribution in [1.29, 1.82) is 0 Å². The molecule has 1 saturated carbocycles. The molecule has 2 aliphatic heterocycles. The van der Waals surface area contributed by atoms with Crippen molar-refractivity contribution in [2.24, 2.45) is 5.73 Å². The zero-order chi connectivity index (χ0) is 24.5. The number of fused-ring (bicyclic) bond motifs is 1. The molecule has 4 nitrogen and oxygen atoms in total. The third-order valence-electron chi connectivity index (χ3n) is 7.79. The summed E-state index contributed by atoms with van der Waals surface area (Å²) < 4.78 is 6.26. The van der Waals surface area contributed by atoms with Gasteiger partial charge in [0.05, 0.1) is 12.2 Å². The number of likely N-dealkylation sites (tertiary alicyclic amines) is 1. The predicted molar refractivity (Wildman–Crippen MR) is 148 cm³/mol. The van der Waals surface area contributed by atoms with E-state index in [4.69, 9.17) is 10.5 Å². The van der Waals surface area contributed by atoms with Gasteiger partial charge in [0.25, 0.3) is 0 Å². The summed E-state index contributed by atoms with van der Waals surface area (Å²) in [6.45, 7) is 14.5. The summed E-state index contributed by atoms with van der Waals surface area (Å²) in [7, 11) is 0. The molecule has 2 heterocycles. The quantitative estimate of drug-likeness (QED) is 0.512. The van der Waals surface area contributed by atoms with Crippen LogP contribution < -0.4 is 15.4 Å². The van der Waals surface area contributed by atoms with Gasteiger partial charge in [-0.15, -0.1) is 0 Å². The fourth-order valence-corrected chi connectivity index (χ4v) is 5.66. The molecule has 1 unspecified atom stereocenters. The number of rotatable bonds is 5. The van der Waals surface area contributed by atoms with Crippen LogP contribution in [0.1, 0.15) is 61.3 Å². The van der Waals surface area contributed by atoms with E-state index < -0.39 is 0 Å². The molecule has 0 spiro atoms. The molecular weight excluding hydrogens is 430 g/mol. The third-order valence-corrected chi connectivity index (χ3v) is 7.79. The summed E-state index contributed by atoms with van der Waals surface area (Å²) in [5.41, 5.74) is 17.8. The summed E-state index contributed by atoms with van der Waals surface area (Å²) in [6.07, 6.45) is 8.22. The number of ether oxygens (including phenoxy) is 1. The molecule has 1 atom stereocenters. The fraction of sp³-hybridized carbons (Fsp3) is 0.419. The molecule has 0 aromatic heterocycles. The van der Waals surface area contributed by atoms with Crippen molar-refractivity contribution in [3.05, 3.63) is 82.1 Å². The minimum absolute atomic E-state index is 0.260. The van der Waals surface area contributed by atoms with Crippen molar-refractivity contribution in [2.75, 3.05) is 31.1 Å². The zero-order valence-electron chi connectivity index (χ0n) is 21.6. The van der Waals surface area contributed by atoms with Gasteiger partial charge in [0.1, 0.15) is 12.4 Å². The monoisotopic (exact) mass is 469 g/mol. The average Bonchev–Trinajstić information content (AvgIpc) is 2.81. The van der Waals surface area contributed by atoms with Crippen molar-refractivity contribution in [3.63, 3.8) is 0 Å². The maximum atomic E-state index is 6.38. The number of anilines is 1. The van der Waals surface area contributed by atoms with E-state index in [1.54, 1.807) is 5.57 Å². The first-order chi connectivity index (χ1) is 16.9. The predicted octanol–water partition coefficient (Wildman–Crippen LogP) is 6.44. The number of nitrogens with two attached hydrogens (primary N) is 1. The van der Waals surface area contributed by atoms with Gasteiger partial charge >= 0.3 is 0 Å². The summed E-state index contributed by atoms with van der Waals surface area (Å²) >= 11 is 0. The lowest BCUT2D eigenvalue weighted by atomic mass is 9.86. The largest absolute Gasteiger partial charge is 0.490 e. The number of nitrogens with zero attached hydrogens (tertiary/aromatic N) is 2. The number of hydrogen-bond acceptors (Lipinski definition) is 4. The van der Waals surface area contributed by atoms with Gasteiger partial charge in [0.15, 0.2) is 0 Å². The van der Waals surface area contributed by atoms with Crippen LogP contribution in [0.5, 0.6) is 5.75 Å². The van der Waals surface area contributed by atoms with Gasteiger partial charge in [0.2, 0.25) is 0 Å². The highest BCUT2D eigenvalue weighted by atomic mass is 16.5. The van der Waals surface area contributed by atoms with Crippen LogP contribution in [0.2, 0.25) is 0 Å². The van der Waals surface area contributed by atoms with Crippen LogP contribution >= 0.6 is 0 Å². The van der Waals surface area contributed by atoms with Crippen molar-refractivity contribution >= 4 is 17.5 Å². The second kappa shape index (κ2) is 9.94. The molecule has 0 amide bonds. The highest BCUT2D eigenvalue weighted by molar-refractivity contribution is 5.78. The smallest absolute Gasteiger partial charge is 0.143 e. The Labute approximate surface area is 210 Å². The van der Waals surface area contributed by atoms with Crippen molar-refractivity contribution in [3.8, 4) is 5.75 Å². The van der Waals surface area contributed by atoms with E-state index in [1.807, 2.05) is 0 Å². The third kappa shape index (κ3) is 4.77. The Balaban J connectivity index is 1.48. The van der Waals surface area contributed by atoms with Gasteiger partial charge in [-0.1, -0.05) is 30.8 Å². The van der Waals surface area contributed by atoms with Crippen LogP contribution in [0.3, 0.4) is 0 Å². The maximum Gasteiger partial charge on any atom is 0.143 e. The number of aryl methyl sites for hydroxylation is 2. The minimum atomic E-state index is 0.260. The molecule has 2 aromatic carbocycles. The number of hydrogen-bond donors (Lipinski definition) is 1. The molecule has 2 N–H and O–H groups in total. The van der Waals surface area contributed by atoms with Gasteiger partial charge in [-0.25, -0.2) is 0 Å². The number of benzene rings is 2. The van der Waals surface area contributed by atoms with E-state index in [9.17, 15) is 0 Å². The molecule has 184 valence electrons. The van der Waals surface area contributed by atoms with E-state index in [0.29, 0.717) is 6.61 Å². The molecule has 3 aliphatic rings. The van der Waals surface area contributed by atoms with Crippen LogP contribution in [0, 0.1) is 13.8 Å². The fourth-order valence-electron chi connectivity index (χ4n) is 5.66. The Hall–Kier alpha value is -2.98. The zero-order valence-corrected chi connectivity index (χ0v) is 21.6. The van der Waals surface area contributed by atoms with Crippen LogP contribution in [-0.2, 0) is 0 Å². The van der Waals surface area contributed by atoms with Crippen LogP contribution in [0.4, 0.5) is 5.69 Å². The lowest BCUT2D eigenvalue weighted by Crippen LogP contribution is -2.42. The van der Waals surface area contributed by atoms with Crippen LogP contribution in [-0.4, -0.2) is 37.2 Å². The Morgan fingerprint density at radius 3 is 2.60 bits per heavy atom. The Bertz CT molecular complexity index is 1190. The summed E-state index contributed by atoms with van der Waals surface area (Å²) in [6, 6.07) is 13.4. The van der Waals surface area contributed by atoms with Gasteiger partial charge in [-0.05, 0) is 98.9 Å². The molecule has 1 saturated heterocycles. The Kier molecular flexibility index (Phi) is 6.75. The Morgan fingerprint density at radius 1 is 1.09 bits per heavy atom. The highest BCUT2D eigenvalue weighted by Crippen LogP contribution is 2.43. The molecule has 4 heteroatoms. The summed E-state index contributed by atoms with van der Waals surface area (Å²) in [5.74, 6) is 0.967. The molecule has 1 aliphatic carbocycles. The van der Waals surface area contributed by atoms with Crippen molar-refractivity contribution in [2.45, 2.75) is 58.9 Å². The Morgan fingerprint density at radius 2 is 1.89 bits per heavy atom. The maximum absolute atomic E-state index is 6.38. The topological polar surface area (TPSA) is 41.7 Å². The first-order valence-electron chi connectivity index (χ1n) is 13.1. The van der Waals surface area contributed by atoms with Crippen LogP contribution in [0.25, 0.3) is 11.8 Å². The van der Waals surface area contributed by atoms with Gasteiger partial charge in [0, 0.05) is 36.1 Å². The summed E-state index contributed by atoms with van der Waals surface area (Å²) in [4.78, 5) is 4.88. The van der Waals surface area contributed by atoms with Gasteiger partial charge in [-0.3, -0.25) is 0 Å². The molecule has 0 radical (unpaired) electrons.